The molecule has 0 unspecified atom stereocenters. The number of rotatable bonds is 2. The number of hydrogen-bond acceptors (Lipinski definition) is 2. The van der Waals surface area contributed by atoms with Gasteiger partial charge in [-0.05, 0) is 37.0 Å². The van der Waals surface area contributed by atoms with E-state index >= 15 is 0 Å². The molecule has 4 heteroatoms. The standard InChI is InChI=1S/C14H18ClN3/c1-8(2)13-12(15)14(16)18(17-13)11-7-9(3)5-6-10(11)4/h5-8H,16H2,1-4H3. The van der Waals surface area contributed by atoms with Crippen LogP contribution >= 0.6 is 11.6 Å². The van der Waals surface area contributed by atoms with E-state index in [1.165, 1.54) is 5.56 Å². The highest BCUT2D eigenvalue weighted by Crippen LogP contribution is 2.31. The third-order valence-corrected chi connectivity index (χ3v) is 3.41. The molecule has 1 heterocycles. The fourth-order valence-corrected chi connectivity index (χ4v) is 2.27. The van der Waals surface area contributed by atoms with Crippen molar-refractivity contribution in [3.05, 3.63) is 40.0 Å². The van der Waals surface area contributed by atoms with E-state index < -0.39 is 0 Å². The first-order valence-electron chi connectivity index (χ1n) is 6.03. The Morgan fingerprint density at radius 3 is 2.50 bits per heavy atom. The molecule has 18 heavy (non-hydrogen) atoms. The minimum atomic E-state index is 0.256. The summed E-state index contributed by atoms with van der Waals surface area (Å²) in [5, 5.41) is 5.10. The van der Waals surface area contributed by atoms with Gasteiger partial charge in [0.05, 0.1) is 11.4 Å². The van der Waals surface area contributed by atoms with Gasteiger partial charge in [-0.1, -0.05) is 37.6 Å². The van der Waals surface area contributed by atoms with Gasteiger partial charge in [-0.3, -0.25) is 0 Å². The Morgan fingerprint density at radius 1 is 1.28 bits per heavy atom. The molecule has 2 aromatic rings. The van der Waals surface area contributed by atoms with E-state index in [1.807, 2.05) is 13.8 Å². The van der Waals surface area contributed by atoms with Crippen LogP contribution in [0.3, 0.4) is 0 Å². The Hall–Kier alpha value is -1.48. The van der Waals surface area contributed by atoms with Crippen molar-refractivity contribution in [1.29, 1.82) is 0 Å². The van der Waals surface area contributed by atoms with Gasteiger partial charge >= 0.3 is 0 Å². The molecule has 0 aliphatic carbocycles. The molecule has 2 N–H and O–H groups in total. The van der Waals surface area contributed by atoms with E-state index in [-0.39, 0.29) is 5.92 Å². The van der Waals surface area contributed by atoms with Crippen molar-refractivity contribution < 1.29 is 0 Å². The van der Waals surface area contributed by atoms with Crippen molar-refractivity contribution in [1.82, 2.24) is 9.78 Å². The summed E-state index contributed by atoms with van der Waals surface area (Å²) in [6.45, 7) is 8.20. The zero-order valence-corrected chi connectivity index (χ0v) is 11.9. The number of benzene rings is 1. The monoisotopic (exact) mass is 263 g/mol. The molecule has 0 atom stereocenters. The number of hydrogen-bond donors (Lipinski definition) is 1. The van der Waals surface area contributed by atoms with Gasteiger partial charge in [0.1, 0.15) is 10.8 Å². The Labute approximate surface area is 113 Å². The SMILES string of the molecule is Cc1ccc(C)c(-n2nc(C(C)C)c(Cl)c2N)c1. The highest BCUT2D eigenvalue weighted by Gasteiger charge is 2.18. The van der Waals surface area contributed by atoms with E-state index in [2.05, 4.69) is 37.1 Å². The fourth-order valence-electron chi connectivity index (χ4n) is 1.93. The number of nitrogens with zero attached hydrogens (tertiary/aromatic N) is 2. The summed E-state index contributed by atoms with van der Waals surface area (Å²) >= 11 is 6.24. The molecule has 3 nitrogen and oxygen atoms in total. The van der Waals surface area contributed by atoms with E-state index in [4.69, 9.17) is 17.3 Å². The van der Waals surface area contributed by atoms with Gasteiger partial charge in [0, 0.05) is 0 Å². The summed E-state index contributed by atoms with van der Waals surface area (Å²) in [5.41, 5.74) is 10.2. The molecule has 2 rings (SSSR count). The van der Waals surface area contributed by atoms with Crippen LogP contribution in [0.1, 0.15) is 36.6 Å². The Morgan fingerprint density at radius 2 is 1.94 bits per heavy atom. The first-order valence-corrected chi connectivity index (χ1v) is 6.41. The molecule has 0 saturated carbocycles. The van der Waals surface area contributed by atoms with Crippen molar-refractivity contribution in [2.75, 3.05) is 5.73 Å². The van der Waals surface area contributed by atoms with Gasteiger partial charge in [-0.25, -0.2) is 4.68 Å². The maximum Gasteiger partial charge on any atom is 0.146 e. The summed E-state index contributed by atoms with van der Waals surface area (Å²) in [6.07, 6.45) is 0. The van der Waals surface area contributed by atoms with E-state index in [1.54, 1.807) is 4.68 Å². The summed E-state index contributed by atoms with van der Waals surface area (Å²) in [6, 6.07) is 6.21. The van der Waals surface area contributed by atoms with Crippen molar-refractivity contribution in [3.63, 3.8) is 0 Å². The van der Waals surface area contributed by atoms with Crippen molar-refractivity contribution in [3.8, 4) is 5.69 Å². The van der Waals surface area contributed by atoms with Crippen LogP contribution in [0.4, 0.5) is 5.82 Å². The lowest BCUT2D eigenvalue weighted by molar-refractivity contribution is 0.769. The normalized spacial score (nSPS) is 11.2. The summed E-state index contributed by atoms with van der Waals surface area (Å²) in [7, 11) is 0. The van der Waals surface area contributed by atoms with E-state index in [0.29, 0.717) is 10.8 Å². The summed E-state index contributed by atoms with van der Waals surface area (Å²) in [5.74, 6) is 0.764. The predicted molar refractivity (Wildman–Crippen MR) is 76.5 cm³/mol. The lowest BCUT2D eigenvalue weighted by Gasteiger charge is -2.08. The highest BCUT2D eigenvalue weighted by molar-refractivity contribution is 6.33. The van der Waals surface area contributed by atoms with Gasteiger partial charge in [0.25, 0.3) is 0 Å². The van der Waals surface area contributed by atoms with Crippen LogP contribution in [0.15, 0.2) is 18.2 Å². The minimum Gasteiger partial charge on any atom is -0.382 e. The van der Waals surface area contributed by atoms with Gasteiger partial charge in [-0.15, -0.1) is 0 Å². The molecule has 96 valence electrons. The number of anilines is 1. The second-order valence-electron chi connectivity index (χ2n) is 4.94. The van der Waals surface area contributed by atoms with Crippen LogP contribution in [-0.2, 0) is 0 Å². The molecule has 0 aliphatic heterocycles. The average molecular weight is 264 g/mol. The zero-order chi connectivity index (χ0) is 13.4. The van der Waals surface area contributed by atoms with Crippen LogP contribution in [0.2, 0.25) is 5.02 Å². The average Bonchev–Trinajstić information content (AvgIpc) is 2.60. The lowest BCUT2D eigenvalue weighted by Crippen LogP contribution is -2.04. The Balaban J connectivity index is 2.64. The molecular formula is C14H18ClN3. The Bertz CT molecular complexity index is 585. The quantitative estimate of drug-likeness (QED) is 0.894. The topological polar surface area (TPSA) is 43.8 Å². The number of nitrogen functional groups attached to an aromatic ring is 1. The molecule has 0 fully saturated rings. The number of halogens is 1. The smallest absolute Gasteiger partial charge is 0.146 e. The zero-order valence-electron chi connectivity index (χ0n) is 11.2. The molecular weight excluding hydrogens is 246 g/mol. The molecule has 0 amide bonds. The van der Waals surface area contributed by atoms with Crippen molar-refractivity contribution >= 4 is 17.4 Å². The first-order chi connectivity index (χ1) is 8.41. The van der Waals surface area contributed by atoms with Crippen LogP contribution in [0, 0.1) is 13.8 Å². The van der Waals surface area contributed by atoms with Crippen molar-refractivity contribution in [2.24, 2.45) is 0 Å². The summed E-state index contributed by atoms with van der Waals surface area (Å²) < 4.78 is 1.74. The van der Waals surface area contributed by atoms with Crippen LogP contribution < -0.4 is 5.73 Å². The van der Waals surface area contributed by atoms with E-state index in [0.717, 1.165) is 16.9 Å². The maximum absolute atomic E-state index is 6.24. The van der Waals surface area contributed by atoms with Crippen LogP contribution in [0.5, 0.6) is 0 Å². The molecule has 0 spiro atoms. The molecule has 0 bridgehead atoms. The van der Waals surface area contributed by atoms with Crippen LogP contribution in [0.25, 0.3) is 5.69 Å². The predicted octanol–water partition coefficient (Wildman–Crippen LogP) is 3.85. The largest absolute Gasteiger partial charge is 0.382 e. The fraction of sp³-hybridized carbons (Fsp3) is 0.357. The second kappa shape index (κ2) is 4.65. The molecule has 0 radical (unpaired) electrons. The lowest BCUT2D eigenvalue weighted by atomic mass is 10.1. The van der Waals surface area contributed by atoms with Crippen molar-refractivity contribution in [2.45, 2.75) is 33.6 Å². The summed E-state index contributed by atoms with van der Waals surface area (Å²) in [4.78, 5) is 0. The number of aryl methyl sites for hydroxylation is 2. The highest BCUT2D eigenvalue weighted by atomic mass is 35.5. The maximum atomic E-state index is 6.24. The Kier molecular flexibility index (Phi) is 3.35. The van der Waals surface area contributed by atoms with E-state index in [9.17, 15) is 0 Å². The molecule has 0 aliphatic rings. The third-order valence-electron chi connectivity index (χ3n) is 3.03. The molecule has 1 aromatic heterocycles. The van der Waals surface area contributed by atoms with Gasteiger partial charge in [-0.2, -0.15) is 5.10 Å². The molecule has 1 aromatic carbocycles. The van der Waals surface area contributed by atoms with Gasteiger partial charge < -0.3 is 5.73 Å². The minimum absolute atomic E-state index is 0.256. The second-order valence-corrected chi connectivity index (χ2v) is 5.32. The van der Waals surface area contributed by atoms with Gasteiger partial charge in [0.15, 0.2) is 0 Å². The number of aromatic nitrogens is 2. The third kappa shape index (κ3) is 2.10. The first kappa shape index (κ1) is 13.0. The molecule has 0 saturated heterocycles. The number of nitrogens with two attached hydrogens (primary N) is 1. The van der Waals surface area contributed by atoms with Gasteiger partial charge in [0.2, 0.25) is 0 Å². The van der Waals surface area contributed by atoms with Crippen LogP contribution in [-0.4, -0.2) is 9.78 Å².